The van der Waals surface area contributed by atoms with Gasteiger partial charge in [0.25, 0.3) is 23.6 Å². The van der Waals surface area contributed by atoms with Gasteiger partial charge in [0.15, 0.2) is 13.2 Å². The fourth-order valence-corrected chi connectivity index (χ4v) is 9.78. The lowest BCUT2D eigenvalue weighted by Crippen LogP contribution is -2.37. The van der Waals surface area contributed by atoms with E-state index in [2.05, 4.69) is 139 Å². The molecule has 410 valence electrons. The zero-order valence-electron chi connectivity index (χ0n) is 47.4. The molecule has 0 unspecified atom stereocenters. The average Bonchev–Trinajstić information content (AvgIpc) is 3.42. The number of carbonyl (C=O) groups is 4. The number of hydrogen-bond donors (Lipinski definition) is 6. The molecule has 3 aliphatic rings. The van der Waals surface area contributed by atoms with Crippen LogP contribution in [0, 0.1) is 0 Å². The molecule has 6 N–H and O–H groups in total. The first-order chi connectivity index (χ1) is 36.6. The van der Waals surface area contributed by atoms with Gasteiger partial charge < -0.3 is 41.0 Å². The zero-order chi connectivity index (χ0) is 56.5. The molecule has 0 saturated carbocycles. The summed E-state index contributed by atoms with van der Waals surface area (Å²) in [7, 11) is 0. The number of phenols is 2. The van der Waals surface area contributed by atoms with Crippen molar-refractivity contribution in [3.05, 3.63) is 163 Å². The van der Waals surface area contributed by atoms with Gasteiger partial charge in [0.2, 0.25) is 0 Å². The van der Waals surface area contributed by atoms with Crippen molar-refractivity contribution in [2.45, 2.75) is 130 Å². The molecule has 4 heterocycles. The minimum absolute atomic E-state index is 0.107. The van der Waals surface area contributed by atoms with Crippen LogP contribution >= 0.6 is 0 Å². The summed E-state index contributed by atoms with van der Waals surface area (Å²) in [6, 6.07) is 22.9. The van der Waals surface area contributed by atoms with Crippen LogP contribution in [0.1, 0.15) is 171 Å². The quantitative estimate of drug-likeness (QED) is 0.0795. The van der Waals surface area contributed by atoms with Gasteiger partial charge in [0.1, 0.15) is 23.0 Å². The number of nitrogens with zero attached hydrogens (tertiary/aromatic N) is 2. The normalized spacial score (nSPS) is 15.5. The molecule has 0 fully saturated rings. The highest BCUT2D eigenvalue weighted by molar-refractivity contribution is 5.96. The van der Waals surface area contributed by atoms with E-state index in [0.717, 1.165) is 44.5 Å². The Morgan fingerprint density at radius 2 is 0.667 bits per heavy atom. The number of rotatable bonds is 0. The molecular formula is C64H76N6O8. The number of aromatic hydroxyl groups is 2. The predicted molar refractivity (Wildman–Crippen MR) is 304 cm³/mol. The van der Waals surface area contributed by atoms with Crippen LogP contribution in [0.5, 0.6) is 23.0 Å². The maximum absolute atomic E-state index is 13.8. The summed E-state index contributed by atoms with van der Waals surface area (Å²) in [6.07, 6.45) is 3.91. The molecule has 0 spiro atoms. The van der Waals surface area contributed by atoms with E-state index in [0.29, 0.717) is 56.3 Å². The summed E-state index contributed by atoms with van der Waals surface area (Å²) in [5.41, 5.74) is 9.70. The fraction of sp³-hybridized carbons (Fsp3) is 0.406. The van der Waals surface area contributed by atoms with E-state index in [-0.39, 0.29) is 98.2 Å². The molecule has 6 aromatic rings. The van der Waals surface area contributed by atoms with Crippen LogP contribution in [0.3, 0.4) is 0 Å². The molecule has 78 heavy (non-hydrogen) atoms. The Bertz CT molecular complexity index is 2980. The summed E-state index contributed by atoms with van der Waals surface area (Å²) in [6.45, 7) is 25.4. The smallest absolute Gasteiger partial charge is 0.258 e. The van der Waals surface area contributed by atoms with E-state index < -0.39 is 23.6 Å². The number of aromatic nitrogens is 2. The third-order valence-corrected chi connectivity index (χ3v) is 14.5. The fourth-order valence-electron chi connectivity index (χ4n) is 9.78. The van der Waals surface area contributed by atoms with Gasteiger partial charge in [0.05, 0.1) is 11.4 Å². The maximum Gasteiger partial charge on any atom is 0.258 e. The first kappa shape index (κ1) is 56.5. The van der Waals surface area contributed by atoms with Crippen LogP contribution in [0.4, 0.5) is 0 Å². The van der Waals surface area contributed by atoms with E-state index in [9.17, 15) is 29.4 Å². The molecule has 14 nitrogen and oxygen atoms in total. The van der Waals surface area contributed by atoms with E-state index in [4.69, 9.17) is 9.47 Å². The largest absolute Gasteiger partial charge is 0.507 e. The molecule has 4 amide bonds. The molecule has 14 heteroatoms. The molecular weight excluding hydrogens is 981 g/mol. The van der Waals surface area contributed by atoms with Crippen LogP contribution in [0.25, 0.3) is 11.4 Å². The molecule has 14 bridgehead atoms. The topological polar surface area (TPSA) is 201 Å². The summed E-state index contributed by atoms with van der Waals surface area (Å²) in [5.74, 6) is -0.454. The first-order valence-corrected chi connectivity index (χ1v) is 26.9. The van der Waals surface area contributed by atoms with Crippen LogP contribution in [0.2, 0.25) is 0 Å². The van der Waals surface area contributed by atoms with Crippen molar-refractivity contribution in [1.82, 2.24) is 31.2 Å². The summed E-state index contributed by atoms with van der Waals surface area (Å²) >= 11 is 0. The van der Waals surface area contributed by atoms with Gasteiger partial charge in [-0.15, -0.1) is 0 Å². The Hall–Kier alpha value is -7.74. The minimum Gasteiger partial charge on any atom is -0.507 e. The lowest BCUT2D eigenvalue weighted by Gasteiger charge is -2.28. The number of benzene rings is 4. The summed E-state index contributed by atoms with van der Waals surface area (Å²) in [5, 5.41) is 36.9. The Kier molecular flexibility index (Phi) is 16.2. The Morgan fingerprint density at radius 3 is 0.949 bits per heavy atom. The standard InChI is InChI=1S/C64H76N6O8/c1-61(2,3)47-25-39-21-43-29-49(63(7,8)9)31-45-23-41-27-48(62(4,5)6)28-42(56(41)74)24-46-32-50(64(10,11)12)30-44(22-40(26-47)55(39)73)58(46)78-36-54(72)68-18-20-70-60(76)38-14-16-66-52(34-38)51-33-37(13-15-65-51)59(75)69-19-17-67-53(71)35-77-57(43)45/h13-16,25-34,73-74H,17-24,35-36H2,1-12H3,(H,67,71)(H,68,72)(H,69,75)(H,70,76). The number of phenolic OH excluding ortho intramolecular Hbond substituents is 2. The van der Waals surface area contributed by atoms with Crippen molar-refractivity contribution >= 4 is 23.6 Å². The predicted octanol–water partition coefficient (Wildman–Crippen LogP) is 9.58. The number of carbonyl (C=O) groups excluding carboxylic acids is 4. The molecule has 0 saturated heterocycles. The Labute approximate surface area is 459 Å². The zero-order valence-corrected chi connectivity index (χ0v) is 47.4. The number of amides is 4. The number of hydrogen-bond acceptors (Lipinski definition) is 10. The van der Waals surface area contributed by atoms with Gasteiger partial charge >= 0.3 is 0 Å². The highest BCUT2D eigenvalue weighted by Crippen LogP contribution is 2.44. The van der Waals surface area contributed by atoms with E-state index in [1.807, 2.05) is 24.3 Å². The SMILES string of the molecule is CC(C)(C)c1cc2c(O)c(c1)Cc1cc(C(C)(C)C)cc3c1OCC(=O)NCCNC(=O)c1ccnc(c1)-c1cc(ccn1)C(=O)NCCNC(=O)COc1c(cc(C(C)(C)C)cc1Cc1cc(C(C)(C)C)cc(c1O)C3)C2. The molecule has 9 rings (SSSR count). The van der Waals surface area contributed by atoms with Crippen molar-refractivity contribution in [2.24, 2.45) is 0 Å². The number of ether oxygens (including phenoxy) is 2. The van der Waals surface area contributed by atoms with Gasteiger partial charge in [-0.2, -0.15) is 0 Å². The lowest BCUT2D eigenvalue weighted by molar-refractivity contribution is -0.123. The Balaban J connectivity index is 1.31. The third kappa shape index (κ3) is 13.3. The molecule has 0 radical (unpaired) electrons. The second-order valence-corrected chi connectivity index (χ2v) is 24.9. The van der Waals surface area contributed by atoms with Crippen molar-refractivity contribution < 1.29 is 38.9 Å². The number of pyridine rings is 2. The molecule has 4 aromatic carbocycles. The molecule has 0 atom stereocenters. The van der Waals surface area contributed by atoms with Crippen molar-refractivity contribution in [1.29, 1.82) is 0 Å². The van der Waals surface area contributed by atoms with Crippen molar-refractivity contribution in [2.75, 3.05) is 39.4 Å². The van der Waals surface area contributed by atoms with Crippen molar-refractivity contribution in [3.8, 4) is 34.4 Å². The van der Waals surface area contributed by atoms with Gasteiger partial charge in [0, 0.05) is 75.4 Å². The second-order valence-electron chi connectivity index (χ2n) is 24.9. The van der Waals surface area contributed by atoms with E-state index in [1.54, 1.807) is 24.3 Å². The van der Waals surface area contributed by atoms with E-state index in [1.165, 1.54) is 12.4 Å². The highest BCUT2D eigenvalue weighted by atomic mass is 16.5. The molecule has 2 aromatic heterocycles. The third-order valence-electron chi connectivity index (χ3n) is 14.5. The van der Waals surface area contributed by atoms with Crippen LogP contribution in [0.15, 0.2) is 85.2 Å². The Morgan fingerprint density at radius 1 is 0.397 bits per heavy atom. The average molecular weight is 1060 g/mol. The number of fused-ring (bicyclic) bond motifs is 14. The minimum atomic E-state index is -0.411. The van der Waals surface area contributed by atoms with Gasteiger partial charge in [-0.3, -0.25) is 29.1 Å². The van der Waals surface area contributed by atoms with Gasteiger partial charge in [-0.1, -0.05) is 132 Å². The van der Waals surface area contributed by atoms with Crippen molar-refractivity contribution in [3.63, 3.8) is 0 Å². The van der Waals surface area contributed by atoms with Crippen LogP contribution < -0.4 is 30.7 Å². The van der Waals surface area contributed by atoms with Crippen LogP contribution in [-0.2, 0) is 56.9 Å². The highest BCUT2D eigenvalue weighted by Gasteiger charge is 2.29. The van der Waals surface area contributed by atoms with Gasteiger partial charge in [-0.05, 0) is 113 Å². The molecule has 1 aliphatic carbocycles. The second kappa shape index (κ2) is 22.3. The monoisotopic (exact) mass is 1060 g/mol. The molecule has 2 aliphatic heterocycles. The van der Waals surface area contributed by atoms with E-state index >= 15 is 0 Å². The van der Waals surface area contributed by atoms with Crippen LogP contribution in [-0.4, -0.2) is 83.2 Å². The summed E-state index contributed by atoms with van der Waals surface area (Å²) < 4.78 is 13.4. The lowest BCUT2D eigenvalue weighted by atomic mass is 9.79. The van der Waals surface area contributed by atoms with Gasteiger partial charge in [-0.25, -0.2) is 0 Å². The first-order valence-electron chi connectivity index (χ1n) is 26.9. The maximum atomic E-state index is 13.8. The number of nitrogens with one attached hydrogen (secondary N) is 4. The summed E-state index contributed by atoms with van der Waals surface area (Å²) in [4.78, 5) is 63.3.